The maximum Gasteiger partial charge on any atom is 0.330 e. The number of hydrogen-bond donors (Lipinski definition) is 1. The van der Waals surface area contributed by atoms with Crippen molar-refractivity contribution < 1.29 is 13.7 Å². The number of benzene rings is 1. The van der Waals surface area contributed by atoms with Gasteiger partial charge in [0, 0.05) is 16.2 Å². The monoisotopic (exact) mass is 293 g/mol. The van der Waals surface area contributed by atoms with Gasteiger partial charge in [0.25, 0.3) is 0 Å². The van der Waals surface area contributed by atoms with Crippen molar-refractivity contribution in [3.05, 3.63) is 35.9 Å². The Labute approximate surface area is 121 Å². The van der Waals surface area contributed by atoms with Crippen LogP contribution in [0, 0.1) is 0 Å². The van der Waals surface area contributed by atoms with E-state index in [1.54, 1.807) is 6.08 Å². The lowest BCUT2D eigenvalue weighted by Crippen LogP contribution is -2.33. The van der Waals surface area contributed by atoms with Crippen molar-refractivity contribution >= 4 is 22.8 Å². The number of piperidine rings is 1. The van der Waals surface area contributed by atoms with E-state index in [-0.39, 0.29) is 5.25 Å². The van der Waals surface area contributed by atoms with Crippen LogP contribution in [0.1, 0.15) is 18.4 Å². The van der Waals surface area contributed by atoms with Gasteiger partial charge in [0.2, 0.25) is 0 Å². The number of rotatable bonds is 4. The molecular formula is C15H19NO3S. The van der Waals surface area contributed by atoms with Crippen molar-refractivity contribution in [1.29, 1.82) is 0 Å². The Balaban J connectivity index is 2.20. The summed E-state index contributed by atoms with van der Waals surface area (Å²) in [5.74, 6) is -0.410. The van der Waals surface area contributed by atoms with Gasteiger partial charge in [0.05, 0.1) is 17.9 Å². The molecule has 0 spiro atoms. The van der Waals surface area contributed by atoms with Gasteiger partial charge in [-0.15, -0.1) is 0 Å². The molecule has 1 unspecified atom stereocenters. The lowest BCUT2D eigenvalue weighted by Gasteiger charge is -2.22. The van der Waals surface area contributed by atoms with Crippen LogP contribution < -0.4 is 5.32 Å². The Hall–Kier alpha value is -1.46. The third-order valence-electron chi connectivity index (χ3n) is 3.32. The molecule has 1 aliphatic rings. The molecule has 1 N–H and O–H groups in total. The van der Waals surface area contributed by atoms with Crippen LogP contribution in [-0.4, -0.2) is 35.6 Å². The van der Waals surface area contributed by atoms with Gasteiger partial charge in [-0.1, -0.05) is 18.2 Å². The summed E-state index contributed by atoms with van der Waals surface area (Å²) < 4.78 is 17.2. The highest BCUT2D eigenvalue weighted by Crippen LogP contribution is 2.22. The van der Waals surface area contributed by atoms with Gasteiger partial charge >= 0.3 is 5.97 Å². The molecule has 108 valence electrons. The van der Waals surface area contributed by atoms with E-state index in [1.165, 1.54) is 13.2 Å². The van der Waals surface area contributed by atoms with E-state index in [0.29, 0.717) is 0 Å². The molecule has 0 amide bonds. The van der Waals surface area contributed by atoms with Gasteiger partial charge in [-0.2, -0.15) is 0 Å². The van der Waals surface area contributed by atoms with E-state index in [9.17, 15) is 9.00 Å². The lowest BCUT2D eigenvalue weighted by atomic mass is 10.2. The molecule has 1 fully saturated rings. The minimum Gasteiger partial charge on any atom is -0.466 e. The van der Waals surface area contributed by atoms with Gasteiger partial charge in [-0.25, -0.2) is 4.79 Å². The maximum absolute atomic E-state index is 12.7. The van der Waals surface area contributed by atoms with Gasteiger partial charge in [-0.3, -0.25) is 4.21 Å². The molecule has 1 heterocycles. The fourth-order valence-electron chi connectivity index (χ4n) is 2.22. The molecule has 20 heavy (non-hydrogen) atoms. The first-order valence-corrected chi connectivity index (χ1v) is 7.90. The number of methoxy groups -OCH3 is 1. The average molecular weight is 293 g/mol. The summed E-state index contributed by atoms with van der Waals surface area (Å²) in [5, 5.41) is 3.46. The summed E-state index contributed by atoms with van der Waals surface area (Å²) in [6.07, 6.45) is 4.86. The van der Waals surface area contributed by atoms with Gasteiger partial charge in [-0.05, 0) is 43.6 Å². The van der Waals surface area contributed by atoms with Crippen molar-refractivity contribution in [1.82, 2.24) is 5.32 Å². The Morgan fingerprint density at radius 2 is 2.05 bits per heavy atom. The fourth-order valence-corrected chi connectivity index (χ4v) is 3.82. The van der Waals surface area contributed by atoms with Crippen LogP contribution in [0.4, 0.5) is 0 Å². The number of esters is 1. The van der Waals surface area contributed by atoms with Crippen LogP contribution in [0.15, 0.2) is 35.2 Å². The molecule has 5 heteroatoms. The van der Waals surface area contributed by atoms with Crippen molar-refractivity contribution in [2.45, 2.75) is 23.0 Å². The molecule has 1 atom stereocenters. The predicted molar refractivity (Wildman–Crippen MR) is 79.8 cm³/mol. The Morgan fingerprint density at radius 1 is 1.35 bits per heavy atom. The van der Waals surface area contributed by atoms with E-state index in [0.717, 1.165) is 36.4 Å². The van der Waals surface area contributed by atoms with E-state index in [4.69, 9.17) is 0 Å². The molecule has 0 radical (unpaired) electrons. The summed E-state index contributed by atoms with van der Waals surface area (Å²) in [7, 11) is 0.298. The summed E-state index contributed by atoms with van der Waals surface area (Å²) in [6.45, 7) is 1.83. The predicted octanol–water partition coefficient (Wildman–Crippen LogP) is 1.73. The summed E-state index contributed by atoms with van der Waals surface area (Å²) >= 11 is 0. The van der Waals surface area contributed by atoms with Crippen molar-refractivity contribution in [2.75, 3.05) is 20.2 Å². The van der Waals surface area contributed by atoms with Crippen LogP contribution in [0.5, 0.6) is 0 Å². The molecule has 0 aliphatic carbocycles. The van der Waals surface area contributed by atoms with Gasteiger partial charge in [0.1, 0.15) is 0 Å². The van der Waals surface area contributed by atoms with Crippen LogP contribution in [-0.2, 0) is 20.3 Å². The molecule has 0 aromatic heterocycles. The molecule has 2 rings (SSSR count). The second kappa shape index (κ2) is 7.36. The topological polar surface area (TPSA) is 55.4 Å². The number of carbonyl (C=O) groups is 1. The van der Waals surface area contributed by atoms with E-state index >= 15 is 0 Å². The zero-order valence-corrected chi connectivity index (χ0v) is 12.3. The number of carbonyl (C=O) groups excluding carboxylic acids is 1. The van der Waals surface area contributed by atoms with Crippen LogP contribution in [0.2, 0.25) is 0 Å². The fraction of sp³-hybridized carbons (Fsp3) is 0.400. The molecular weight excluding hydrogens is 274 g/mol. The molecule has 4 nitrogen and oxygen atoms in total. The van der Waals surface area contributed by atoms with Gasteiger partial charge in [0.15, 0.2) is 0 Å². The molecule has 1 aromatic rings. The third kappa shape index (κ3) is 3.77. The first kappa shape index (κ1) is 14.9. The third-order valence-corrected chi connectivity index (χ3v) is 5.21. The van der Waals surface area contributed by atoms with Crippen LogP contribution in [0.25, 0.3) is 6.08 Å². The maximum atomic E-state index is 12.7. The smallest absolute Gasteiger partial charge is 0.330 e. The Morgan fingerprint density at radius 3 is 2.75 bits per heavy atom. The molecule has 0 bridgehead atoms. The summed E-state index contributed by atoms with van der Waals surface area (Å²) in [4.78, 5) is 12.0. The minimum absolute atomic E-state index is 0.184. The number of ether oxygens (including phenoxy) is 1. The Kier molecular flexibility index (Phi) is 5.49. The molecule has 1 aromatic carbocycles. The highest BCUT2D eigenvalue weighted by Gasteiger charge is 2.22. The first-order valence-electron chi connectivity index (χ1n) is 6.68. The average Bonchev–Trinajstić information content (AvgIpc) is 2.53. The number of hydrogen-bond acceptors (Lipinski definition) is 4. The zero-order valence-electron chi connectivity index (χ0n) is 11.5. The summed E-state index contributed by atoms with van der Waals surface area (Å²) in [5.41, 5.74) is 0.815. The standard InChI is InChI=1S/C15H19NO3S/c1-19-15(17)7-6-12-4-2-3-5-14(12)20(18)13-8-10-16-11-9-13/h2-7,13,16H,8-11H2,1H3/b7-6+. The lowest BCUT2D eigenvalue weighted by molar-refractivity contribution is -0.134. The van der Waals surface area contributed by atoms with E-state index in [2.05, 4.69) is 10.1 Å². The van der Waals surface area contributed by atoms with Gasteiger partial charge < -0.3 is 10.1 Å². The molecule has 0 saturated carbocycles. The van der Waals surface area contributed by atoms with Crippen LogP contribution in [0.3, 0.4) is 0 Å². The van der Waals surface area contributed by atoms with Crippen molar-refractivity contribution in [3.8, 4) is 0 Å². The van der Waals surface area contributed by atoms with Crippen molar-refractivity contribution in [2.24, 2.45) is 0 Å². The van der Waals surface area contributed by atoms with E-state index in [1.807, 2.05) is 24.3 Å². The molecule has 1 saturated heterocycles. The van der Waals surface area contributed by atoms with Crippen molar-refractivity contribution in [3.63, 3.8) is 0 Å². The van der Waals surface area contributed by atoms with E-state index < -0.39 is 16.8 Å². The normalized spacial score (nSPS) is 18.1. The first-order chi connectivity index (χ1) is 9.72. The Bertz CT molecular complexity index is 522. The zero-order chi connectivity index (χ0) is 14.4. The minimum atomic E-state index is -1.04. The van der Waals surface area contributed by atoms with Crippen LogP contribution >= 0.6 is 0 Å². The quantitative estimate of drug-likeness (QED) is 0.678. The second-order valence-corrected chi connectivity index (χ2v) is 6.34. The second-order valence-electron chi connectivity index (χ2n) is 4.64. The summed E-state index contributed by atoms with van der Waals surface area (Å²) in [6, 6.07) is 7.49. The highest BCUT2D eigenvalue weighted by molar-refractivity contribution is 7.85. The highest BCUT2D eigenvalue weighted by atomic mass is 32.2. The SMILES string of the molecule is COC(=O)/C=C/c1ccccc1S(=O)C1CCNCC1. The molecule has 1 aliphatic heterocycles. The number of nitrogens with one attached hydrogen (secondary N) is 1. The largest absolute Gasteiger partial charge is 0.466 e.